The topological polar surface area (TPSA) is 58.6 Å². The Bertz CT molecular complexity index is 501. The molecule has 1 saturated heterocycles. The summed E-state index contributed by atoms with van der Waals surface area (Å²) in [6.07, 6.45) is 7.71. The molecule has 0 bridgehead atoms. The zero-order valence-electron chi connectivity index (χ0n) is 15.6. The Morgan fingerprint density at radius 2 is 1.88 bits per heavy atom. The van der Waals surface area contributed by atoms with Gasteiger partial charge in [0.25, 0.3) is 0 Å². The summed E-state index contributed by atoms with van der Waals surface area (Å²) in [7, 11) is 0. The highest BCUT2D eigenvalue weighted by molar-refractivity contribution is 5.90. The minimum absolute atomic E-state index is 0.106. The lowest BCUT2D eigenvalue weighted by Gasteiger charge is -2.34. The predicted octanol–water partition coefficient (Wildman–Crippen LogP) is 3.47. The molecule has 0 aromatic carbocycles. The molecule has 1 N–H and O–H groups in total. The van der Waals surface area contributed by atoms with Crippen molar-refractivity contribution >= 4 is 12.0 Å². The highest BCUT2D eigenvalue weighted by atomic mass is 16.6. The lowest BCUT2D eigenvalue weighted by Crippen LogP contribution is -2.45. The fourth-order valence-electron chi connectivity index (χ4n) is 4.44. The molecule has 3 rings (SSSR count). The van der Waals surface area contributed by atoms with Crippen LogP contribution in [0.4, 0.5) is 4.79 Å². The molecule has 136 valence electrons. The van der Waals surface area contributed by atoms with Gasteiger partial charge in [-0.05, 0) is 59.3 Å². The van der Waals surface area contributed by atoms with Gasteiger partial charge in [0.2, 0.25) is 5.91 Å². The van der Waals surface area contributed by atoms with Gasteiger partial charge >= 0.3 is 6.09 Å². The van der Waals surface area contributed by atoms with Crippen molar-refractivity contribution in [3.8, 4) is 0 Å². The maximum Gasteiger partial charge on any atom is 0.407 e. The van der Waals surface area contributed by atoms with E-state index in [1.165, 1.54) is 32.1 Å². The standard InChI is InChI=1S/C19H32N2O3/c1-13(14-8-6-5-7-9-14)21-12-15(19(10-11-19)16(21)22)20-17(23)24-18(2,3)4/h13-15H,5-12H2,1-4H3,(H,20,23). The number of ether oxygens (including phenoxy) is 1. The van der Waals surface area contributed by atoms with Crippen LogP contribution in [0.15, 0.2) is 0 Å². The molecule has 0 aromatic rings. The van der Waals surface area contributed by atoms with Crippen molar-refractivity contribution in [1.82, 2.24) is 10.2 Å². The average molecular weight is 336 g/mol. The monoisotopic (exact) mass is 336 g/mol. The van der Waals surface area contributed by atoms with Crippen LogP contribution in [0.5, 0.6) is 0 Å². The largest absolute Gasteiger partial charge is 0.444 e. The maximum absolute atomic E-state index is 13.0. The molecule has 5 nitrogen and oxygen atoms in total. The first-order chi connectivity index (χ1) is 11.2. The van der Waals surface area contributed by atoms with Crippen molar-refractivity contribution in [2.45, 2.75) is 90.3 Å². The second kappa shape index (κ2) is 6.23. The van der Waals surface area contributed by atoms with E-state index < -0.39 is 11.7 Å². The Balaban J connectivity index is 1.65. The second-order valence-corrected chi connectivity index (χ2v) is 8.95. The number of carbonyl (C=O) groups is 2. The van der Waals surface area contributed by atoms with E-state index in [1.807, 2.05) is 25.7 Å². The number of nitrogens with zero attached hydrogens (tertiary/aromatic N) is 1. The lowest BCUT2D eigenvalue weighted by molar-refractivity contribution is -0.135. The van der Waals surface area contributed by atoms with E-state index >= 15 is 0 Å². The number of alkyl carbamates (subject to hydrolysis) is 1. The smallest absolute Gasteiger partial charge is 0.407 e. The minimum atomic E-state index is -0.515. The second-order valence-electron chi connectivity index (χ2n) is 8.95. The lowest BCUT2D eigenvalue weighted by atomic mass is 9.84. The van der Waals surface area contributed by atoms with Crippen LogP contribution in [-0.2, 0) is 9.53 Å². The summed E-state index contributed by atoms with van der Waals surface area (Å²) in [4.78, 5) is 27.2. The number of hydrogen-bond donors (Lipinski definition) is 1. The van der Waals surface area contributed by atoms with E-state index in [4.69, 9.17) is 4.74 Å². The van der Waals surface area contributed by atoms with E-state index in [1.54, 1.807) is 0 Å². The van der Waals surface area contributed by atoms with Gasteiger partial charge in [0.05, 0.1) is 11.5 Å². The first-order valence-corrected chi connectivity index (χ1v) is 9.53. The Kier molecular flexibility index (Phi) is 4.56. The van der Waals surface area contributed by atoms with Crippen molar-refractivity contribution < 1.29 is 14.3 Å². The summed E-state index contributed by atoms with van der Waals surface area (Å²) >= 11 is 0. The molecule has 3 fully saturated rings. The van der Waals surface area contributed by atoms with Gasteiger partial charge in [-0.3, -0.25) is 4.79 Å². The Labute approximate surface area is 145 Å². The predicted molar refractivity (Wildman–Crippen MR) is 92.6 cm³/mol. The van der Waals surface area contributed by atoms with Crippen molar-refractivity contribution in [2.24, 2.45) is 11.3 Å². The van der Waals surface area contributed by atoms with Gasteiger partial charge in [-0.2, -0.15) is 0 Å². The SMILES string of the molecule is CC(C1CCCCC1)N1CC(NC(=O)OC(C)(C)C)C2(CC2)C1=O. The quantitative estimate of drug-likeness (QED) is 0.858. The maximum atomic E-state index is 13.0. The van der Waals surface area contributed by atoms with Crippen LogP contribution < -0.4 is 5.32 Å². The molecule has 2 atom stereocenters. The number of amides is 2. The number of hydrogen-bond acceptors (Lipinski definition) is 3. The molecule has 5 heteroatoms. The van der Waals surface area contributed by atoms with E-state index in [9.17, 15) is 9.59 Å². The van der Waals surface area contributed by atoms with Gasteiger partial charge in [0.15, 0.2) is 0 Å². The van der Waals surface area contributed by atoms with Gasteiger partial charge in [-0.1, -0.05) is 19.3 Å². The van der Waals surface area contributed by atoms with Crippen LogP contribution >= 0.6 is 0 Å². The molecule has 24 heavy (non-hydrogen) atoms. The summed E-state index contributed by atoms with van der Waals surface area (Å²) in [6, 6.07) is 0.173. The van der Waals surface area contributed by atoms with Crippen LogP contribution in [0.25, 0.3) is 0 Å². The summed E-state index contributed by atoms with van der Waals surface area (Å²) in [6.45, 7) is 8.40. The molecule has 1 aliphatic heterocycles. The number of carbonyl (C=O) groups excluding carboxylic acids is 2. The molecule has 2 aliphatic carbocycles. The molecule has 2 saturated carbocycles. The van der Waals surface area contributed by atoms with Gasteiger partial charge in [-0.15, -0.1) is 0 Å². The number of rotatable bonds is 3. The van der Waals surface area contributed by atoms with Gasteiger partial charge in [-0.25, -0.2) is 4.79 Å². The van der Waals surface area contributed by atoms with Crippen LogP contribution in [0, 0.1) is 11.3 Å². The van der Waals surface area contributed by atoms with E-state index in [0.717, 1.165) is 12.8 Å². The fourth-order valence-corrected chi connectivity index (χ4v) is 4.44. The van der Waals surface area contributed by atoms with E-state index in [2.05, 4.69) is 12.2 Å². The Morgan fingerprint density at radius 1 is 1.25 bits per heavy atom. The highest BCUT2D eigenvalue weighted by Crippen LogP contribution is 2.54. The van der Waals surface area contributed by atoms with Crippen LogP contribution in [0.1, 0.15) is 72.6 Å². The molecule has 0 aromatic heterocycles. The summed E-state index contributed by atoms with van der Waals surface area (Å²) < 4.78 is 5.39. The third-order valence-electron chi connectivity index (χ3n) is 6.04. The van der Waals surface area contributed by atoms with Crippen LogP contribution in [-0.4, -0.2) is 41.1 Å². The first-order valence-electron chi connectivity index (χ1n) is 9.53. The highest BCUT2D eigenvalue weighted by Gasteiger charge is 2.63. The number of likely N-dealkylation sites (tertiary alicyclic amines) is 1. The van der Waals surface area contributed by atoms with Crippen molar-refractivity contribution in [1.29, 1.82) is 0 Å². The van der Waals surface area contributed by atoms with Crippen molar-refractivity contribution in [3.05, 3.63) is 0 Å². The summed E-state index contributed by atoms with van der Waals surface area (Å²) in [5.74, 6) is 0.861. The van der Waals surface area contributed by atoms with Crippen molar-refractivity contribution in [2.75, 3.05) is 6.54 Å². The van der Waals surface area contributed by atoms with Crippen LogP contribution in [0.2, 0.25) is 0 Å². The van der Waals surface area contributed by atoms with Crippen LogP contribution in [0.3, 0.4) is 0 Å². The molecule has 1 spiro atoms. The Hall–Kier alpha value is -1.26. The van der Waals surface area contributed by atoms with E-state index in [-0.39, 0.29) is 23.4 Å². The van der Waals surface area contributed by atoms with E-state index in [0.29, 0.717) is 12.5 Å². The summed E-state index contributed by atoms with van der Waals surface area (Å²) in [5, 5.41) is 2.98. The van der Waals surface area contributed by atoms with Gasteiger partial charge in [0.1, 0.15) is 5.60 Å². The number of nitrogens with one attached hydrogen (secondary N) is 1. The molecule has 2 unspecified atom stereocenters. The molecule has 0 radical (unpaired) electrons. The third-order valence-corrected chi connectivity index (χ3v) is 6.04. The Morgan fingerprint density at radius 3 is 2.42 bits per heavy atom. The molecule has 3 aliphatic rings. The zero-order valence-corrected chi connectivity index (χ0v) is 15.6. The van der Waals surface area contributed by atoms with Crippen molar-refractivity contribution in [3.63, 3.8) is 0 Å². The average Bonchev–Trinajstić information content (AvgIpc) is 3.26. The minimum Gasteiger partial charge on any atom is -0.444 e. The molecule has 2 amide bonds. The first kappa shape index (κ1) is 17.6. The molecular formula is C19H32N2O3. The molecule has 1 heterocycles. The van der Waals surface area contributed by atoms with Gasteiger partial charge < -0.3 is 15.0 Å². The zero-order chi connectivity index (χ0) is 17.5. The normalized spacial score (nSPS) is 28.1. The summed E-state index contributed by atoms with van der Waals surface area (Å²) in [5.41, 5.74) is -0.863. The third kappa shape index (κ3) is 3.40. The molecular weight excluding hydrogens is 304 g/mol. The fraction of sp³-hybridized carbons (Fsp3) is 0.895. The van der Waals surface area contributed by atoms with Gasteiger partial charge in [0, 0.05) is 12.6 Å².